The Morgan fingerprint density at radius 3 is 2.76 bits per heavy atom. The lowest BCUT2D eigenvalue weighted by Gasteiger charge is -2.26. The molecule has 1 saturated heterocycles. The number of carbonyl (C=O) groups is 1. The monoisotopic (exact) mass is 243 g/mol. The molecule has 0 saturated carbocycles. The third-order valence-corrected chi connectivity index (χ3v) is 3.26. The minimum absolute atomic E-state index is 0.0377. The van der Waals surface area contributed by atoms with Crippen LogP contribution in [0.5, 0.6) is 0 Å². The van der Waals surface area contributed by atoms with E-state index in [2.05, 4.69) is 24.2 Å². The molecular formula is C12H25N3O2. The van der Waals surface area contributed by atoms with Crippen molar-refractivity contribution >= 4 is 5.91 Å². The minimum Gasteiger partial charge on any atom is -0.383 e. The summed E-state index contributed by atoms with van der Waals surface area (Å²) in [4.78, 5) is 16.1. The second-order valence-corrected chi connectivity index (χ2v) is 4.64. The first-order valence-electron chi connectivity index (χ1n) is 6.34. The molecule has 1 heterocycles. The van der Waals surface area contributed by atoms with Crippen LogP contribution < -0.4 is 5.32 Å². The minimum atomic E-state index is -0.0377. The van der Waals surface area contributed by atoms with Crippen LogP contribution in [0.2, 0.25) is 0 Å². The van der Waals surface area contributed by atoms with Gasteiger partial charge < -0.3 is 14.5 Å². The van der Waals surface area contributed by atoms with E-state index in [0.29, 0.717) is 0 Å². The van der Waals surface area contributed by atoms with Gasteiger partial charge >= 0.3 is 0 Å². The van der Waals surface area contributed by atoms with Crippen molar-refractivity contribution in [3.05, 3.63) is 0 Å². The SMILES string of the molecule is CCC1NC(C)C(=O)N1CCN(C)CCOC. The topological polar surface area (TPSA) is 44.8 Å². The fraction of sp³-hybridized carbons (Fsp3) is 0.917. The van der Waals surface area contributed by atoms with E-state index < -0.39 is 0 Å². The molecule has 0 aliphatic carbocycles. The van der Waals surface area contributed by atoms with Crippen LogP contribution in [-0.4, -0.2) is 68.3 Å². The van der Waals surface area contributed by atoms with Gasteiger partial charge in [-0.3, -0.25) is 10.1 Å². The van der Waals surface area contributed by atoms with Crippen molar-refractivity contribution in [2.24, 2.45) is 0 Å². The van der Waals surface area contributed by atoms with Crippen molar-refractivity contribution in [1.82, 2.24) is 15.1 Å². The molecular weight excluding hydrogens is 218 g/mol. The first kappa shape index (κ1) is 14.4. The fourth-order valence-corrected chi connectivity index (χ4v) is 2.09. The van der Waals surface area contributed by atoms with E-state index in [1.807, 2.05) is 11.8 Å². The zero-order valence-electron chi connectivity index (χ0n) is 11.4. The Kier molecular flexibility index (Phi) is 5.88. The number of hydrogen-bond acceptors (Lipinski definition) is 4. The van der Waals surface area contributed by atoms with E-state index in [4.69, 9.17) is 4.74 Å². The van der Waals surface area contributed by atoms with E-state index in [1.165, 1.54) is 0 Å². The molecule has 1 aliphatic rings. The molecule has 0 aromatic carbocycles. The summed E-state index contributed by atoms with van der Waals surface area (Å²) in [6, 6.07) is -0.0377. The Balaban J connectivity index is 2.36. The van der Waals surface area contributed by atoms with E-state index in [9.17, 15) is 4.79 Å². The molecule has 2 atom stereocenters. The van der Waals surface area contributed by atoms with Crippen molar-refractivity contribution in [2.75, 3.05) is 40.4 Å². The van der Waals surface area contributed by atoms with Crippen molar-refractivity contribution in [3.63, 3.8) is 0 Å². The lowest BCUT2D eigenvalue weighted by atomic mass is 10.3. The largest absolute Gasteiger partial charge is 0.383 e. The van der Waals surface area contributed by atoms with E-state index in [-0.39, 0.29) is 18.1 Å². The van der Waals surface area contributed by atoms with Crippen LogP contribution in [0.4, 0.5) is 0 Å². The summed E-state index contributed by atoms with van der Waals surface area (Å²) < 4.78 is 5.03. The number of methoxy groups -OCH3 is 1. The number of amides is 1. The van der Waals surface area contributed by atoms with Crippen molar-refractivity contribution in [3.8, 4) is 0 Å². The molecule has 0 aromatic heterocycles. The first-order valence-corrected chi connectivity index (χ1v) is 6.34. The molecule has 100 valence electrons. The maximum absolute atomic E-state index is 11.9. The zero-order chi connectivity index (χ0) is 12.8. The van der Waals surface area contributed by atoms with Crippen LogP contribution in [0, 0.1) is 0 Å². The van der Waals surface area contributed by atoms with Crippen LogP contribution in [0.1, 0.15) is 20.3 Å². The van der Waals surface area contributed by atoms with Crippen molar-refractivity contribution in [2.45, 2.75) is 32.5 Å². The molecule has 0 bridgehead atoms. The van der Waals surface area contributed by atoms with Gasteiger partial charge in [-0.05, 0) is 20.4 Å². The molecule has 1 aliphatic heterocycles. The molecule has 2 unspecified atom stereocenters. The molecule has 1 fully saturated rings. The molecule has 0 radical (unpaired) electrons. The quantitative estimate of drug-likeness (QED) is 0.690. The second-order valence-electron chi connectivity index (χ2n) is 4.64. The van der Waals surface area contributed by atoms with Gasteiger partial charge in [0.05, 0.1) is 18.8 Å². The Morgan fingerprint density at radius 2 is 2.18 bits per heavy atom. The highest BCUT2D eigenvalue weighted by Crippen LogP contribution is 2.12. The molecule has 1 rings (SSSR count). The van der Waals surface area contributed by atoms with Crippen molar-refractivity contribution in [1.29, 1.82) is 0 Å². The van der Waals surface area contributed by atoms with Gasteiger partial charge in [-0.25, -0.2) is 0 Å². The summed E-state index contributed by atoms with van der Waals surface area (Å²) >= 11 is 0. The first-order chi connectivity index (χ1) is 8.10. The number of carbonyl (C=O) groups excluding carboxylic acids is 1. The maximum atomic E-state index is 11.9. The molecule has 0 aromatic rings. The average molecular weight is 243 g/mol. The van der Waals surface area contributed by atoms with Crippen LogP contribution in [0.3, 0.4) is 0 Å². The third kappa shape index (κ3) is 3.94. The highest BCUT2D eigenvalue weighted by molar-refractivity contribution is 5.83. The molecule has 5 nitrogen and oxygen atoms in total. The average Bonchev–Trinajstić information content (AvgIpc) is 2.60. The predicted molar refractivity (Wildman–Crippen MR) is 67.8 cm³/mol. The zero-order valence-corrected chi connectivity index (χ0v) is 11.4. The number of rotatable bonds is 7. The van der Waals surface area contributed by atoms with Gasteiger partial charge in [0.15, 0.2) is 0 Å². The molecule has 5 heteroatoms. The smallest absolute Gasteiger partial charge is 0.240 e. The number of likely N-dealkylation sites (N-methyl/N-ethyl adjacent to an activating group) is 1. The molecule has 17 heavy (non-hydrogen) atoms. The Labute approximate surface area is 104 Å². The van der Waals surface area contributed by atoms with E-state index >= 15 is 0 Å². The van der Waals surface area contributed by atoms with Gasteiger partial charge in [0.25, 0.3) is 0 Å². The second kappa shape index (κ2) is 6.93. The standard InChI is InChI=1S/C12H25N3O2/c1-5-11-13-10(2)12(16)15(11)7-6-14(3)8-9-17-4/h10-11,13H,5-9H2,1-4H3. The lowest BCUT2D eigenvalue weighted by Crippen LogP contribution is -2.41. The summed E-state index contributed by atoms with van der Waals surface area (Å²) in [6.07, 6.45) is 1.16. The van der Waals surface area contributed by atoms with Crippen LogP contribution in [0.25, 0.3) is 0 Å². The third-order valence-electron chi connectivity index (χ3n) is 3.26. The van der Waals surface area contributed by atoms with Crippen LogP contribution >= 0.6 is 0 Å². The van der Waals surface area contributed by atoms with Gasteiger partial charge in [0, 0.05) is 26.7 Å². The molecule has 1 amide bonds. The van der Waals surface area contributed by atoms with E-state index in [1.54, 1.807) is 7.11 Å². The highest BCUT2D eigenvalue weighted by Gasteiger charge is 2.34. The van der Waals surface area contributed by atoms with Gasteiger partial charge in [-0.15, -0.1) is 0 Å². The van der Waals surface area contributed by atoms with Crippen molar-refractivity contribution < 1.29 is 9.53 Å². The van der Waals surface area contributed by atoms with Gasteiger partial charge in [0.2, 0.25) is 5.91 Å². The van der Waals surface area contributed by atoms with Gasteiger partial charge in [-0.1, -0.05) is 6.92 Å². The normalized spacial score (nSPS) is 25.0. The molecule has 1 N–H and O–H groups in total. The maximum Gasteiger partial charge on any atom is 0.240 e. The fourth-order valence-electron chi connectivity index (χ4n) is 2.09. The number of ether oxygens (including phenoxy) is 1. The highest BCUT2D eigenvalue weighted by atomic mass is 16.5. The van der Waals surface area contributed by atoms with Gasteiger partial charge in [0.1, 0.15) is 0 Å². The summed E-state index contributed by atoms with van der Waals surface area (Å²) in [5.41, 5.74) is 0. The van der Waals surface area contributed by atoms with Gasteiger partial charge in [-0.2, -0.15) is 0 Å². The Hall–Kier alpha value is -0.650. The lowest BCUT2D eigenvalue weighted by molar-refractivity contribution is -0.129. The van der Waals surface area contributed by atoms with E-state index in [0.717, 1.165) is 32.7 Å². The molecule has 0 spiro atoms. The predicted octanol–water partition coefficient (Wildman–Crippen LogP) is 0.121. The summed E-state index contributed by atoms with van der Waals surface area (Å²) in [6.45, 7) is 7.34. The Morgan fingerprint density at radius 1 is 1.47 bits per heavy atom. The number of hydrogen-bond donors (Lipinski definition) is 1. The summed E-state index contributed by atoms with van der Waals surface area (Å²) in [5, 5.41) is 3.30. The Bertz CT molecular complexity index is 248. The van der Waals surface area contributed by atoms with Crippen LogP contribution in [0.15, 0.2) is 0 Å². The van der Waals surface area contributed by atoms with Crippen LogP contribution in [-0.2, 0) is 9.53 Å². The number of nitrogens with zero attached hydrogens (tertiary/aromatic N) is 2. The summed E-state index contributed by atoms with van der Waals surface area (Å²) in [5.74, 6) is 0.219. The number of nitrogens with one attached hydrogen (secondary N) is 1. The summed E-state index contributed by atoms with van der Waals surface area (Å²) in [7, 11) is 3.76.